The van der Waals surface area contributed by atoms with E-state index in [2.05, 4.69) is 27.9 Å². The third-order valence-electron chi connectivity index (χ3n) is 2.63. The van der Waals surface area contributed by atoms with E-state index >= 15 is 0 Å². The molecule has 21 heavy (non-hydrogen) atoms. The van der Waals surface area contributed by atoms with Gasteiger partial charge in [0.05, 0.1) is 13.2 Å². The molecular formula is C14H18INO5. The molecule has 1 rings (SSSR count). The highest BCUT2D eigenvalue weighted by molar-refractivity contribution is 14.1. The second kappa shape index (κ2) is 9.69. The van der Waals surface area contributed by atoms with Crippen LogP contribution < -0.4 is 5.32 Å². The Morgan fingerprint density at radius 1 is 1.38 bits per heavy atom. The molecule has 0 saturated heterocycles. The van der Waals surface area contributed by atoms with Crippen LogP contribution in [0, 0.1) is 3.57 Å². The van der Waals surface area contributed by atoms with E-state index in [1.165, 1.54) is 7.11 Å². The van der Waals surface area contributed by atoms with Crippen LogP contribution in [0.3, 0.4) is 0 Å². The van der Waals surface area contributed by atoms with Gasteiger partial charge in [0.2, 0.25) is 5.91 Å². The van der Waals surface area contributed by atoms with Gasteiger partial charge in [0, 0.05) is 17.1 Å². The van der Waals surface area contributed by atoms with E-state index in [1.54, 1.807) is 0 Å². The summed E-state index contributed by atoms with van der Waals surface area (Å²) in [7, 11) is 1.53. The highest BCUT2D eigenvalue weighted by Crippen LogP contribution is 2.10. The molecule has 1 atom stereocenters. The monoisotopic (exact) mass is 407 g/mol. The first-order valence-electron chi connectivity index (χ1n) is 6.36. The van der Waals surface area contributed by atoms with Crippen LogP contribution in [0.4, 0.5) is 0 Å². The van der Waals surface area contributed by atoms with E-state index in [0.29, 0.717) is 13.2 Å². The zero-order valence-electron chi connectivity index (χ0n) is 11.7. The van der Waals surface area contributed by atoms with Crippen LogP contribution in [0.25, 0.3) is 0 Å². The molecule has 0 aromatic heterocycles. The summed E-state index contributed by atoms with van der Waals surface area (Å²) in [6.07, 6.45) is 0.232. The maximum absolute atomic E-state index is 11.6. The lowest BCUT2D eigenvalue weighted by Crippen LogP contribution is -2.44. The fraction of sp³-hybridized carbons (Fsp3) is 0.429. The van der Waals surface area contributed by atoms with Crippen molar-refractivity contribution in [3.05, 3.63) is 33.4 Å². The first-order chi connectivity index (χ1) is 10.0. The Morgan fingerprint density at radius 3 is 2.76 bits per heavy atom. The Kier molecular flexibility index (Phi) is 8.24. The Bertz CT molecular complexity index is 480. The van der Waals surface area contributed by atoms with E-state index in [0.717, 1.165) is 9.13 Å². The summed E-state index contributed by atoms with van der Waals surface area (Å²) in [4.78, 5) is 22.9. The number of carbonyl (C=O) groups excluding carboxylic acids is 1. The first-order valence-corrected chi connectivity index (χ1v) is 7.44. The lowest BCUT2D eigenvalue weighted by Gasteiger charge is -2.15. The van der Waals surface area contributed by atoms with Crippen LogP contribution in [-0.2, 0) is 25.5 Å². The third kappa shape index (κ3) is 7.39. The molecule has 0 fully saturated rings. The van der Waals surface area contributed by atoms with Crippen LogP contribution >= 0.6 is 22.6 Å². The van der Waals surface area contributed by atoms with Gasteiger partial charge in [0.1, 0.15) is 12.6 Å². The normalized spacial score (nSPS) is 11.9. The highest BCUT2D eigenvalue weighted by Gasteiger charge is 2.20. The van der Waals surface area contributed by atoms with Crippen molar-refractivity contribution in [2.45, 2.75) is 12.5 Å². The number of carboxylic acid groups (broad SMARTS) is 1. The molecule has 0 bridgehead atoms. The average molecular weight is 407 g/mol. The number of benzene rings is 1. The van der Waals surface area contributed by atoms with Crippen LogP contribution in [-0.4, -0.2) is 50.0 Å². The minimum absolute atomic E-state index is 0.181. The molecule has 6 nitrogen and oxygen atoms in total. The molecule has 7 heteroatoms. The van der Waals surface area contributed by atoms with Gasteiger partial charge in [-0.3, -0.25) is 4.79 Å². The molecule has 0 saturated carbocycles. The Hall–Kier alpha value is -1.19. The number of rotatable bonds is 9. The predicted molar refractivity (Wildman–Crippen MR) is 85.1 cm³/mol. The van der Waals surface area contributed by atoms with Crippen molar-refractivity contribution in [1.29, 1.82) is 0 Å². The van der Waals surface area contributed by atoms with Crippen LogP contribution in [0.15, 0.2) is 24.3 Å². The molecule has 0 unspecified atom stereocenters. The Balaban J connectivity index is 2.50. The number of nitrogens with one attached hydrogen (secondary N) is 1. The van der Waals surface area contributed by atoms with Gasteiger partial charge in [-0.15, -0.1) is 0 Å². The van der Waals surface area contributed by atoms with Crippen LogP contribution in [0.2, 0.25) is 0 Å². The Morgan fingerprint density at radius 2 is 2.14 bits per heavy atom. The zero-order valence-corrected chi connectivity index (χ0v) is 13.8. The largest absolute Gasteiger partial charge is 0.480 e. The predicted octanol–water partition coefficient (Wildman–Crippen LogP) is 1.07. The lowest BCUT2D eigenvalue weighted by molar-refractivity contribution is -0.142. The minimum Gasteiger partial charge on any atom is -0.480 e. The summed E-state index contributed by atoms with van der Waals surface area (Å²) in [6, 6.07) is 6.52. The molecule has 0 spiro atoms. The zero-order chi connectivity index (χ0) is 15.7. The van der Waals surface area contributed by atoms with Crippen molar-refractivity contribution < 1.29 is 24.2 Å². The number of methoxy groups -OCH3 is 1. The van der Waals surface area contributed by atoms with Gasteiger partial charge >= 0.3 is 5.97 Å². The van der Waals surface area contributed by atoms with Gasteiger partial charge in [-0.1, -0.05) is 12.1 Å². The fourth-order valence-electron chi connectivity index (χ4n) is 1.64. The van der Waals surface area contributed by atoms with Gasteiger partial charge in [0.15, 0.2) is 0 Å². The number of halogens is 1. The van der Waals surface area contributed by atoms with Crippen molar-refractivity contribution in [2.75, 3.05) is 26.9 Å². The molecule has 1 amide bonds. The molecule has 1 aromatic rings. The molecule has 116 valence electrons. The van der Waals surface area contributed by atoms with Crippen LogP contribution in [0.1, 0.15) is 5.56 Å². The minimum atomic E-state index is -1.07. The molecule has 1 aromatic carbocycles. The van der Waals surface area contributed by atoms with Gasteiger partial charge in [-0.2, -0.15) is 0 Å². The van der Waals surface area contributed by atoms with Gasteiger partial charge in [-0.25, -0.2) is 4.79 Å². The number of hydrogen-bond donors (Lipinski definition) is 2. The molecule has 2 N–H and O–H groups in total. The maximum Gasteiger partial charge on any atom is 0.326 e. The van der Waals surface area contributed by atoms with Crippen molar-refractivity contribution in [1.82, 2.24) is 5.32 Å². The average Bonchev–Trinajstić information content (AvgIpc) is 2.43. The highest BCUT2D eigenvalue weighted by atomic mass is 127. The number of amides is 1. The molecule has 0 aliphatic rings. The maximum atomic E-state index is 11.6. The van der Waals surface area contributed by atoms with Gasteiger partial charge < -0.3 is 19.9 Å². The van der Waals surface area contributed by atoms with E-state index in [9.17, 15) is 14.7 Å². The van der Waals surface area contributed by atoms with Crippen molar-refractivity contribution in [3.63, 3.8) is 0 Å². The number of aliphatic carboxylic acids is 1. The van der Waals surface area contributed by atoms with E-state index in [1.807, 2.05) is 24.3 Å². The summed E-state index contributed by atoms with van der Waals surface area (Å²) in [5, 5.41) is 11.6. The number of carboxylic acids is 1. The number of hydrogen-bond acceptors (Lipinski definition) is 4. The first kappa shape index (κ1) is 17.9. The second-order valence-electron chi connectivity index (χ2n) is 4.34. The quantitative estimate of drug-likeness (QED) is 0.473. The molecule has 0 aliphatic carbocycles. The van der Waals surface area contributed by atoms with Gasteiger partial charge in [-0.05, 0) is 40.3 Å². The lowest BCUT2D eigenvalue weighted by atomic mass is 10.1. The Labute approximate surface area is 137 Å². The summed E-state index contributed by atoms with van der Waals surface area (Å²) in [5.41, 5.74) is 0.856. The van der Waals surface area contributed by atoms with Crippen molar-refractivity contribution in [3.8, 4) is 0 Å². The summed E-state index contributed by atoms with van der Waals surface area (Å²) >= 11 is 2.15. The van der Waals surface area contributed by atoms with Crippen molar-refractivity contribution >= 4 is 34.5 Å². The molecular weight excluding hydrogens is 389 g/mol. The summed E-state index contributed by atoms with van der Waals surface area (Å²) in [5.74, 6) is -1.52. The molecule has 0 heterocycles. The molecule has 0 radical (unpaired) electrons. The SMILES string of the molecule is COCCOCC(=O)N[C@H](Cc1cccc(I)c1)C(=O)O. The van der Waals surface area contributed by atoms with E-state index < -0.39 is 17.9 Å². The van der Waals surface area contributed by atoms with Crippen LogP contribution in [0.5, 0.6) is 0 Å². The summed E-state index contributed by atoms with van der Waals surface area (Å²) < 4.78 is 10.9. The number of carbonyl (C=O) groups is 2. The molecule has 0 aliphatic heterocycles. The summed E-state index contributed by atoms with van der Waals surface area (Å²) in [6.45, 7) is 0.496. The number of ether oxygens (including phenoxy) is 2. The van der Waals surface area contributed by atoms with Gasteiger partial charge in [0.25, 0.3) is 0 Å². The second-order valence-corrected chi connectivity index (χ2v) is 5.58. The standard InChI is InChI=1S/C14H18INO5/c1-20-5-6-21-9-13(17)16-12(14(18)19)8-10-3-2-4-11(15)7-10/h2-4,7,12H,5-6,8-9H2,1H3,(H,16,17)(H,18,19)/t12-/m1/s1. The smallest absolute Gasteiger partial charge is 0.326 e. The van der Waals surface area contributed by atoms with E-state index in [4.69, 9.17) is 9.47 Å². The fourth-order valence-corrected chi connectivity index (χ4v) is 2.25. The van der Waals surface area contributed by atoms with Crippen molar-refractivity contribution in [2.24, 2.45) is 0 Å². The third-order valence-corrected chi connectivity index (χ3v) is 3.30. The van der Waals surface area contributed by atoms with E-state index in [-0.39, 0.29) is 13.0 Å². The topological polar surface area (TPSA) is 84.9 Å².